The van der Waals surface area contributed by atoms with Gasteiger partial charge in [0.15, 0.2) is 0 Å². The predicted octanol–water partition coefficient (Wildman–Crippen LogP) is 3.66. The minimum atomic E-state index is -4.47. The first-order valence-electron chi connectivity index (χ1n) is 4.88. The van der Waals surface area contributed by atoms with Crippen molar-refractivity contribution in [2.45, 2.75) is 6.18 Å². The van der Waals surface area contributed by atoms with Crippen LogP contribution in [0, 0.1) is 0 Å². The Hall–Kier alpha value is -2.24. The molecule has 0 radical (unpaired) electrons. The van der Waals surface area contributed by atoms with E-state index >= 15 is 0 Å². The molecule has 18 heavy (non-hydrogen) atoms. The average Bonchev–Trinajstić information content (AvgIpc) is 2.77. The molecule has 0 aliphatic heterocycles. The first kappa shape index (κ1) is 12.2. The predicted molar refractivity (Wildman–Crippen MR) is 56.1 cm³/mol. The lowest BCUT2D eigenvalue weighted by Crippen LogP contribution is -2.04. The van der Waals surface area contributed by atoms with Crippen LogP contribution >= 0.6 is 0 Å². The molecule has 0 aliphatic carbocycles. The number of alkyl halides is 3. The first-order chi connectivity index (χ1) is 8.39. The van der Waals surface area contributed by atoms with E-state index in [1.165, 1.54) is 18.2 Å². The second-order valence-corrected chi connectivity index (χ2v) is 3.55. The number of carbonyl (C=O) groups is 1. The lowest BCUT2D eigenvalue weighted by molar-refractivity contribution is -0.137. The number of hydrogen-bond acceptors (Lipinski definition) is 2. The molecule has 1 aromatic carbocycles. The minimum absolute atomic E-state index is 0.119. The molecule has 0 saturated carbocycles. The number of rotatable bonds is 2. The summed E-state index contributed by atoms with van der Waals surface area (Å²) in [7, 11) is 0. The summed E-state index contributed by atoms with van der Waals surface area (Å²) in [6.07, 6.45) is -3.35. The summed E-state index contributed by atoms with van der Waals surface area (Å²) in [6, 6.07) is 5.74. The summed E-state index contributed by atoms with van der Waals surface area (Å²) < 4.78 is 42.3. The van der Waals surface area contributed by atoms with E-state index in [0.717, 1.165) is 18.4 Å². The number of aromatic carboxylic acids is 1. The van der Waals surface area contributed by atoms with E-state index < -0.39 is 17.7 Å². The van der Waals surface area contributed by atoms with Gasteiger partial charge in [-0.2, -0.15) is 13.2 Å². The average molecular weight is 256 g/mol. The molecule has 0 saturated heterocycles. The summed E-state index contributed by atoms with van der Waals surface area (Å²) in [5.74, 6) is -1.71. The van der Waals surface area contributed by atoms with Crippen LogP contribution in [0.4, 0.5) is 13.2 Å². The Morgan fingerprint density at radius 3 is 2.56 bits per heavy atom. The number of benzene rings is 1. The number of halogens is 3. The van der Waals surface area contributed by atoms with E-state index in [0.29, 0.717) is 0 Å². The van der Waals surface area contributed by atoms with Gasteiger partial charge in [-0.25, -0.2) is 4.79 Å². The van der Waals surface area contributed by atoms with Crippen molar-refractivity contribution in [3.8, 4) is 11.1 Å². The molecule has 3 nitrogen and oxygen atoms in total. The summed E-state index contributed by atoms with van der Waals surface area (Å²) in [6.45, 7) is 0. The first-order valence-corrected chi connectivity index (χ1v) is 4.88. The van der Waals surface area contributed by atoms with Gasteiger partial charge in [-0.15, -0.1) is 0 Å². The number of carboxylic acid groups (broad SMARTS) is 1. The third kappa shape index (κ3) is 2.22. The summed E-state index contributed by atoms with van der Waals surface area (Å²) in [5, 5.41) is 8.83. The van der Waals surface area contributed by atoms with E-state index in [9.17, 15) is 18.0 Å². The zero-order chi connectivity index (χ0) is 13.3. The monoisotopic (exact) mass is 256 g/mol. The molecule has 94 valence electrons. The molecule has 1 aromatic heterocycles. The van der Waals surface area contributed by atoms with Gasteiger partial charge in [-0.1, -0.05) is 12.1 Å². The SMILES string of the molecule is O=C(O)c1occc1-c1cccc(C(F)(F)F)c1. The van der Waals surface area contributed by atoms with Crippen molar-refractivity contribution in [3.63, 3.8) is 0 Å². The van der Waals surface area contributed by atoms with Crippen LogP contribution in [-0.4, -0.2) is 11.1 Å². The fraction of sp³-hybridized carbons (Fsp3) is 0.0833. The molecular weight excluding hydrogens is 249 g/mol. The zero-order valence-corrected chi connectivity index (χ0v) is 8.86. The summed E-state index contributed by atoms with van der Waals surface area (Å²) in [5.41, 5.74) is -0.567. The second kappa shape index (κ2) is 4.21. The van der Waals surface area contributed by atoms with Crippen molar-refractivity contribution in [3.05, 3.63) is 47.9 Å². The molecule has 1 N–H and O–H groups in total. The van der Waals surface area contributed by atoms with Crippen molar-refractivity contribution >= 4 is 5.97 Å². The van der Waals surface area contributed by atoms with E-state index in [-0.39, 0.29) is 16.9 Å². The topological polar surface area (TPSA) is 50.4 Å². The van der Waals surface area contributed by atoms with Crippen LogP contribution in [0.2, 0.25) is 0 Å². The minimum Gasteiger partial charge on any atom is -0.475 e. The number of hydrogen-bond donors (Lipinski definition) is 1. The van der Waals surface area contributed by atoms with Crippen LogP contribution in [0.3, 0.4) is 0 Å². The van der Waals surface area contributed by atoms with Gasteiger partial charge < -0.3 is 9.52 Å². The molecule has 0 aliphatic rings. The highest BCUT2D eigenvalue weighted by atomic mass is 19.4. The molecule has 0 unspecified atom stereocenters. The molecule has 0 atom stereocenters. The number of furan rings is 1. The van der Waals surface area contributed by atoms with Gasteiger partial charge in [-0.3, -0.25) is 0 Å². The maximum Gasteiger partial charge on any atom is 0.416 e. The Morgan fingerprint density at radius 1 is 1.22 bits per heavy atom. The van der Waals surface area contributed by atoms with Gasteiger partial charge in [0.05, 0.1) is 11.8 Å². The van der Waals surface area contributed by atoms with E-state index in [4.69, 9.17) is 9.52 Å². The van der Waals surface area contributed by atoms with Gasteiger partial charge in [0.1, 0.15) is 0 Å². The fourth-order valence-corrected chi connectivity index (χ4v) is 1.57. The molecule has 2 rings (SSSR count). The van der Waals surface area contributed by atoms with E-state index in [1.807, 2.05) is 0 Å². The maximum atomic E-state index is 12.5. The Bertz CT molecular complexity index is 584. The fourth-order valence-electron chi connectivity index (χ4n) is 1.57. The van der Waals surface area contributed by atoms with Crippen molar-refractivity contribution in [2.24, 2.45) is 0 Å². The standard InChI is InChI=1S/C12H7F3O3/c13-12(14,15)8-3-1-2-7(6-8)9-4-5-18-10(9)11(16)17/h1-6H,(H,16,17). The maximum absolute atomic E-state index is 12.5. The van der Waals surface area contributed by atoms with Crippen LogP contribution in [0.5, 0.6) is 0 Å². The quantitative estimate of drug-likeness (QED) is 0.891. The van der Waals surface area contributed by atoms with E-state index in [1.54, 1.807) is 0 Å². The third-order valence-electron chi connectivity index (χ3n) is 2.36. The second-order valence-electron chi connectivity index (χ2n) is 3.55. The molecular formula is C12H7F3O3. The Kier molecular flexibility index (Phi) is 2.86. The highest BCUT2D eigenvalue weighted by molar-refractivity contribution is 5.93. The molecule has 0 amide bonds. The van der Waals surface area contributed by atoms with Crippen LogP contribution in [0.15, 0.2) is 41.0 Å². The van der Waals surface area contributed by atoms with Crippen molar-refractivity contribution < 1.29 is 27.5 Å². The summed E-state index contributed by atoms with van der Waals surface area (Å²) in [4.78, 5) is 10.8. The lowest BCUT2D eigenvalue weighted by atomic mass is 10.0. The van der Waals surface area contributed by atoms with Crippen LogP contribution in [0.1, 0.15) is 16.1 Å². The molecule has 2 aromatic rings. The molecule has 0 bridgehead atoms. The van der Waals surface area contributed by atoms with Gasteiger partial charge in [0.2, 0.25) is 5.76 Å². The van der Waals surface area contributed by atoms with E-state index in [2.05, 4.69) is 0 Å². The van der Waals surface area contributed by atoms with Crippen molar-refractivity contribution in [1.82, 2.24) is 0 Å². The number of carboxylic acids is 1. The van der Waals surface area contributed by atoms with Crippen LogP contribution in [0.25, 0.3) is 11.1 Å². The Balaban J connectivity index is 2.52. The molecule has 0 fully saturated rings. The van der Waals surface area contributed by atoms with Gasteiger partial charge in [0.25, 0.3) is 0 Å². The third-order valence-corrected chi connectivity index (χ3v) is 2.36. The highest BCUT2D eigenvalue weighted by Crippen LogP contribution is 2.33. The Morgan fingerprint density at radius 2 is 1.94 bits per heavy atom. The lowest BCUT2D eigenvalue weighted by Gasteiger charge is -2.08. The molecule has 0 spiro atoms. The van der Waals surface area contributed by atoms with Crippen molar-refractivity contribution in [1.29, 1.82) is 0 Å². The highest BCUT2D eigenvalue weighted by Gasteiger charge is 2.30. The smallest absolute Gasteiger partial charge is 0.416 e. The van der Waals surface area contributed by atoms with Crippen LogP contribution < -0.4 is 0 Å². The summed E-state index contributed by atoms with van der Waals surface area (Å²) >= 11 is 0. The van der Waals surface area contributed by atoms with Crippen molar-refractivity contribution in [2.75, 3.05) is 0 Å². The van der Waals surface area contributed by atoms with Gasteiger partial charge >= 0.3 is 12.1 Å². The van der Waals surface area contributed by atoms with Gasteiger partial charge in [0, 0.05) is 5.56 Å². The zero-order valence-electron chi connectivity index (χ0n) is 8.86. The normalized spacial score (nSPS) is 11.5. The largest absolute Gasteiger partial charge is 0.475 e. The van der Waals surface area contributed by atoms with Crippen LogP contribution in [-0.2, 0) is 6.18 Å². The van der Waals surface area contributed by atoms with Gasteiger partial charge in [-0.05, 0) is 23.8 Å². The molecule has 6 heteroatoms. The molecule has 1 heterocycles. The Labute approximate surface area is 99.5 Å².